The monoisotopic (exact) mass is 332 g/mol. The maximum absolute atomic E-state index is 14.4. The van der Waals surface area contributed by atoms with E-state index in [1.165, 1.54) is 12.1 Å². The number of rotatable bonds is 4. The SMILES string of the molecule is O=C1OCC(c2ccc(CS(=O)O)cc2F)=C1c1ccccc1. The molecule has 0 radical (unpaired) electrons. The van der Waals surface area contributed by atoms with Crippen LogP contribution >= 0.6 is 0 Å². The van der Waals surface area contributed by atoms with Crippen LogP contribution in [0.15, 0.2) is 48.5 Å². The van der Waals surface area contributed by atoms with E-state index in [1.54, 1.807) is 30.3 Å². The lowest BCUT2D eigenvalue weighted by molar-refractivity contribution is -0.133. The summed E-state index contributed by atoms with van der Waals surface area (Å²) in [6.07, 6.45) is 0. The molecule has 0 spiro atoms. The van der Waals surface area contributed by atoms with E-state index in [0.717, 1.165) is 0 Å². The number of hydrogen-bond acceptors (Lipinski definition) is 3. The Morgan fingerprint density at radius 3 is 2.57 bits per heavy atom. The van der Waals surface area contributed by atoms with Gasteiger partial charge in [-0.15, -0.1) is 0 Å². The van der Waals surface area contributed by atoms with Crippen molar-refractivity contribution in [1.29, 1.82) is 0 Å². The Kier molecular flexibility index (Phi) is 4.36. The molecule has 1 N–H and O–H groups in total. The summed E-state index contributed by atoms with van der Waals surface area (Å²) >= 11 is -2.03. The van der Waals surface area contributed by atoms with Gasteiger partial charge in [0.15, 0.2) is 11.1 Å². The van der Waals surface area contributed by atoms with Crippen molar-refractivity contribution in [3.8, 4) is 0 Å². The molecule has 4 nitrogen and oxygen atoms in total. The highest BCUT2D eigenvalue weighted by Crippen LogP contribution is 2.34. The molecule has 0 saturated carbocycles. The number of carbonyl (C=O) groups excluding carboxylic acids is 1. The molecule has 23 heavy (non-hydrogen) atoms. The molecule has 3 rings (SSSR count). The number of hydrogen-bond donors (Lipinski definition) is 1. The van der Waals surface area contributed by atoms with Crippen LogP contribution in [0.1, 0.15) is 16.7 Å². The summed E-state index contributed by atoms with van der Waals surface area (Å²) < 4.78 is 39.2. The molecule has 1 unspecified atom stereocenters. The van der Waals surface area contributed by atoms with Crippen molar-refractivity contribution in [2.75, 3.05) is 6.61 Å². The predicted octanol–water partition coefficient (Wildman–Crippen LogP) is 3.02. The second-order valence-corrected chi connectivity index (χ2v) is 6.01. The fourth-order valence-corrected chi connectivity index (χ4v) is 3.01. The minimum atomic E-state index is -2.03. The Hall–Kier alpha value is -2.31. The molecule has 1 atom stereocenters. The van der Waals surface area contributed by atoms with Gasteiger partial charge in [-0.3, -0.25) is 0 Å². The zero-order valence-electron chi connectivity index (χ0n) is 12.0. The van der Waals surface area contributed by atoms with Gasteiger partial charge in [-0.05, 0) is 17.2 Å². The minimum absolute atomic E-state index is 0.00522. The molecule has 0 saturated heterocycles. The number of halogens is 1. The summed E-state index contributed by atoms with van der Waals surface area (Å²) in [5.74, 6) is -1.17. The van der Waals surface area contributed by atoms with Gasteiger partial charge in [-0.25, -0.2) is 13.4 Å². The van der Waals surface area contributed by atoms with Crippen molar-refractivity contribution in [3.63, 3.8) is 0 Å². The van der Waals surface area contributed by atoms with E-state index in [0.29, 0.717) is 22.3 Å². The van der Waals surface area contributed by atoms with Crippen molar-refractivity contribution in [2.24, 2.45) is 0 Å². The van der Waals surface area contributed by atoms with E-state index in [4.69, 9.17) is 9.29 Å². The third-order valence-corrected chi connectivity index (χ3v) is 4.15. The Bertz CT molecular complexity index is 815. The minimum Gasteiger partial charge on any atom is -0.457 e. The van der Waals surface area contributed by atoms with Gasteiger partial charge in [0.2, 0.25) is 0 Å². The Balaban J connectivity index is 2.07. The fraction of sp³-hybridized carbons (Fsp3) is 0.118. The fourth-order valence-electron chi connectivity index (χ4n) is 2.55. The molecule has 1 aliphatic rings. The smallest absolute Gasteiger partial charge is 0.339 e. The van der Waals surface area contributed by atoms with Crippen LogP contribution in [-0.2, 0) is 26.4 Å². The molecule has 0 bridgehead atoms. The topological polar surface area (TPSA) is 63.6 Å². The standard InChI is InChI=1S/C17H13FO4S/c18-15-8-11(10-23(20)21)6-7-13(15)14-9-22-17(19)16(14)12-4-2-1-3-5-12/h1-8H,9-10H2,(H,20,21). The lowest BCUT2D eigenvalue weighted by atomic mass is 9.96. The number of cyclic esters (lactones) is 1. The highest BCUT2D eigenvalue weighted by atomic mass is 32.2. The van der Waals surface area contributed by atoms with Crippen LogP contribution in [-0.4, -0.2) is 21.3 Å². The number of benzene rings is 2. The molecule has 0 aliphatic carbocycles. The highest BCUT2D eigenvalue weighted by molar-refractivity contribution is 7.78. The van der Waals surface area contributed by atoms with Gasteiger partial charge in [-0.1, -0.05) is 42.5 Å². The molecule has 2 aromatic carbocycles. The van der Waals surface area contributed by atoms with E-state index < -0.39 is 22.9 Å². The van der Waals surface area contributed by atoms with Crippen LogP contribution in [0.3, 0.4) is 0 Å². The van der Waals surface area contributed by atoms with E-state index >= 15 is 0 Å². The molecule has 0 amide bonds. The lowest BCUT2D eigenvalue weighted by Crippen LogP contribution is -1.99. The normalized spacial score (nSPS) is 15.7. The van der Waals surface area contributed by atoms with Crippen molar-refractivity contribution >= 4 is 28.2 Å². The van der Waals surface area contributed by atoms with E-state index in [2.05, 4.69) is 0 Å². The van der Waals surface area contributed by atoms with Gasteiger partial charge >= 0.3 is 5.97 Å². The molecule has 0 aromatic heterocycles. The quantitative estimate of drug-likeness (QED) is 0.690. The van der Waals surface area contributed by atoms with Crippen LogP contribution in [0.4, 0.5) is 4.39 Å². The van der Waals surface area contributed by atoms with Gasteiger partial charge < -0.3 is 9.29 Å². The molecule has 118 valence electrons. The van der Waals surface area contributed by atoms with Gasteiger partial charge in [0.25, 0.3) is 0 Å². The molecule has 0 fully saturated rings. The van der Waals surface area contributed by atoms with E-state index in [-0.39, 0.29) is 17.9 Å². The van der Waals surface area contributed by atoms with Gasteiger partial charge in [0.05, 0.1) is 11.3 Å². The average Bonchev–Trinajstić information content (AvgIpc) is 2.89. The van der Waals surface area contributed by atoms with Crippen molar-refractivity contribution in [3.05, 3.63) is 71.0 Å². The summed E-state index contributed by atoms with van der Waals surface area (Å²) in [5, 5.41) is 0. The first-order valence-corrected chi connectivity index (χ1v) is 8.16. The molecule has 6 heteroatoms. The first-order chi connectivity index (χ1) is 11.1. The number of carbonyl (C=O) groups is 1. The van der Waals surface area contributed by atoms with Gasteiger partial charge in [0, 0.05) is 11.1 Å². The zero-order chi connectivity index (χ0) is 16.4. The predicted molar refractivity (Wildman–Crippen MR) is 85.1 cm³/mol. The highest BCUT2D eigenvalue weighted by Gasteiger charge is 2.28. The Labute approximate surface area is 134 Å². The maximum atomic E-state index is 14.4. The molecule has 1 heterocycles. The van der Waals surface area contributed by atoms with Crippen molar-refractivity contribution in [1.82, 2.24) is 0 Å². The second kappa shape index (κ2) is 6.44. The van der Waals surface area contributed by atoms with Gasteiger partial charge in [0.1, 0.15) is 12.4 Å². The zero-order valence-corrected chi connectivity index (χ0v) is 12.8. The summed E-state index contributed by atoms with van der Waals surface area (Å²) in [5.41, 5.74) is 2.18. The Morgan fingerprint density at radius 1 is 1.17 bits per heavy atom. The third kappa shape index (κ3) is 3.23. The summed E-state index contributed by atoms with van der Waals surface area (Å²) in [4.78, 5) is 12.0. The van der Waals surface area contributed by atoms with Crippen LogP contribution in [0, 0.1) is 5.82 Å². The summed E-state index contributed by atoms with van der Waals surface area (Å²) in [6.45, 7) is 0.00522. The molecule has 1 aliphatic heterocycles. The van der Waals surface area contributed by atoms with E-state index in [1.807, 2.05) is 6.07 Å². The third-order valence-electron chi connectivity index (χ3n) is 3.56. The Morgan fingerprint density at radius 2 is 1.91 bits per heavy atom. The summed E-state index contributed by atoms with van der Waals surface area (Å²) in [7, 11) is 0. The van der Waals surface area contributed by atoms with E-state index in [9.17, 15) is 13.4 Å². The average molecular weight is 332 g/mol. The molecular weight excluding hydrogens is 319 g/mol. The lowest BCUT2D eigenvalue weighted by Gasteiger charge is -2.07. The first-order valence-electron chi connectivity index (χ1n) is 6.88. The van der Waals surface area contributed by atoms with Crippen LogP contribution in [0.5, 0.6) is 0 Å². The van der Waals surface area contributed by atoms with Crippen LogP contribution in [0.25, 0.3) is 11.1 Å². The number of ether oxygens (including phenoxy) is 1. The largest absolute Gasteiger partial charge is 0.457 e. The molecular formula is C17H13FO4S. The maximum Gasteiger partial charge on any atom is 0.339 e. The first kappa shape index (κ1) is 15.6. The van der Waals surface area contributed by atoms with Crippen LogP contribution < -0.4 is 0 Å². The number of esters is 1. The van der Waals surface area contributed by atoms with Crippen LogP contribution in [0.2, 0.25) is 0 Å². The molecule has 2 aromatic rings. The van der Waals surface area contributed by atoms with Crippen molar-refractivity contribution in [2.45, 2.75) is 5.75 Å². The second-order valence-electron chi connectivity index (χ2n) is 5.08. The summed E-state index contributed by atoms with van der Waals surface area (Å²) in [6, 6.07) is 13.2. The van der Waals surface area contributed by atoms with Gasteiger partial charge in [-0.2, -0.15) is 0 Å². The van der Waals surface area contributed by atoms with Crippen molar-refractivity contribution < 1.29 is 22.7 Å².